The first kappa shape index (κ1) is 19.8. The normalized spacial score (nSPS) is 18.7. The number of rotatable bonds is 5. The number of carbonyl (C=O) groups is 1. The molecule has 2 aromatic heterocycles. The molecule has 0 unspecified atom stereocenters. The van der Waals surface area contributed by atoms with E-state index in [0.717, 1.165) is 38.0 Å². The molecule has 1 atom stereocenters. The molecule has 0 N–H and O–H groups in total. The van der Waals surface area contributed by atoms with E-state index in [-0.39, 0.29) is 17.6 Å². The van der Waals surface area contributed by atoms with Gasteiger partial charge in [-0.2, -0.15) is 5.10 Å². The van der Waals surface area contributed by atoms with Crippen LogP contribution in [0.15, 0.2) is 42.7 Å². The molecule has 2 fully saturated rings. The minimum Gasteiger partial charge on any atom is -0.337 e. The van der Waals surface area contributed by atoms with E-state index in [1.807, 2.05) is 19.0 Å². The van der Waals surface area contributed by atoms with Crippen molar-refractivity contribution < 1.29 is 9.18 Å². The molecule has 2 aliphatic rings. The molecule has 0 spiro atoms. The quantitative estimate of drug-likeness (QED) is 0.635. The van der Waals surface area contributed by atoms with Gasteiger partial charge in [0.05, 0.1) is 23.1 Å². The minimum atomic E-state index is -0.338. The van der Waals surface area contributed by atoms with Crippen molar-refractivity contribution in [3.05, 3.63) is 59.8 Å². The fourth-order valence-electron chi connectivity index (χ4n) is 4.22. The van der Waals surface area contributed by atoms with Crippen molar-refractivity contribution in [1.29, 1.82) is 0 Å². The molecule has 31 heavy (non-hydrogen) atoms. The van der Waals surface area contributed by atoms with Gasteiger partial charge in [0, 0.05) is 36.8 Å². The number of hydrogen-bond acceptors (Lipinski definition) is 5. The second kappa shape index (κ2) is 7.85. The van der Waals surface area contributed by atoms with Gasteiger partial charge in [0.25, 0.3) is 11.9 Å². The van der Waals surface area contributed by atoms with Crippen LogP contribution in [0.4, 0.5) is 4.39 Å². The number of hydrogen-bond donors (Lipinski definition) is 0. The van der Waals surface area contributed by atoms with E-state index in [9.17, 15) is 9.18 Å². The van der Waals surface area contributed by atoms with Crippen LogP contribution < -0.4 is 0 Å². The van der Waals surface area contributed by atoms with Gasteiger partial charge in [-0.15, -0.1) is 0 Å². The zero-order valence-corrected chi connectivity index (χ0v) is 17.7. The third-order valence-electron chi connectivity index (χ3n) is 6.16. The molecule has 1 saturated heterocycles. The fourth-order valence-corrected chi connectivity index (χ4v) is 4.22. The highest BCUT2D eigenvalue weighted by Gasteiger charge is 2.36. The molecular weight excluding hydrogens is 395 g/mol. The lowest BCUT2D eigenvalue weighted by Crippen LogP contribution is -2.34. The molecule has 1 aliphatic carbocycles. The van der Waals surface area contributed by atoms with Crippen LogP contribution in [0.3, 0.4) is 0 Å². The summed E-state index contributed by atoms with van der Waals surface area (Å²) in [5, 5.41) is 4.49. The topological polar surface area (TPSA) is 67.2 Å². The van der Waals surface area contributed by atoms with Gasteiger partial charge in [0.2, 0.25) is 0 Å². The summed E-state index contributed by atoms with van der Waals surface area (Å²) in [5.74, 6) is 0.307. The average molecular weight is 420 g/mol. The number of aromatic nitrogens is 4. The van der Waals surface area contributed by atoms with E-state index in [1.165, 1.54) is 6.07 Å². The molecule has 8 heteroatoms. The molecule has 3 heterocycles. The van der Waals surface area contributed by atoms with Gasteiger partial charge >= 0.3 is 0 Å². The number of likely N-dealkylation sites (tertiary alicyclic amines) is 1. The highest BCUT2D eigenvalue weighted by molar-refractivity contribution is 5.95. The molecule has 1 aromatic carbocycles. The Bertz CT molecular complexity index is 1120. The van der Waals surface area contributed by atoms with Gasteiger partial charge in [0.1, 0.15) is 5.82 Å². The Kier molecular flexibility index (Phi) is 5.02. The lowest BCUT2D eigenvalue weighted by molar-refractivity contribution is 0.0782. The zero-order valence-electron chi connectivity index (χ0n) is 17.7. The Labute approximate surface area is 180 Å². The van der Waals surface area contributed by atoms with Gasteiger partial charge in [-0.1, -0.05) is 12.1 Å². The highest BCUT2D eigenvalue weighted by Crippen LogP contribution is 2.42. The van der Waals surface area contributed by atoms with Gasteiger partial charge < -0.3 is 9.80 Å². The molecule has 1 saturated carbocycles. The van der Waals surface area contributed by atoms with Crippen LogP contribution in [0.25, 0.3) is 17.2 Å². The van der Waals surface area contributed by atoms with Crippen LogP contribution >= 0.6 is 0 Å². The van der Waals surface area contributed by atoms with E-state index in [0.29, 0.717) is 28.8 Å². The van der Waals surface area contributed by atoms with Crippen molar-refractivity contribution >= 4 is 5.91 Å². The van der Waals surface area contributed by atoms with Gasteiger partial charge in [-0.25, -0.2) is 19.0 Å². The first-order valence-corrected chi connectivity index (χ1v) is 10.6. The van der Waals surface area contributed by atoms with Crippen LogP contribution in [0.5, 0.6) is 0 Å². The number of nitrogens with zero attached hydrogens (tertiary/aromatic N) is 6. The standard InChI is InChI=1S/C23H25FN6O/c1-28(2)16-10-12-29(14-16)22(31)18-13-26-30(21(18)15-7-8-15)23-25-11-9-20(27-23)17-5-3-4-6-19(17)24/h3-6,9,11,13,15-16H,7-8,10,12,14H2,1-2H3/t16-/m1/s1. The van der Waals surface area contributed by atoms with Crippen molar-refractivity contribution in [2.24, 2.45) is 0 Å². The Hall–Kier alpha value is -3.13. The van der Waals surface area contributed by atoms with Crippen molar-refractivity contribution in [2.45, 2.75) is 31.2 Å². The molecule has 1 aliphatic heterocycles. The lowest BCUT2D eigenvalue weighted by Gasteiger charge is -2.20. The van der Waals surface area contributed by atoms with Crippen LogP contribution in [0.2, 0.25) is 0 Å². The number of amides is 1. The third-order valence-corrected chi connectivity index (χ3v) is 6.16. The maximum atomic E-state index is 14.3. The van der Waals surface area contributed by atoms with Crippen molar-refractivity contribution in [3.63, 3.8) is 0 Å². The van der Waals surface area contributed by atoms with E-state index in [1.54, 1.807) is 41.3 Å². The largest absolute Gasteiger partial charge is 0.337 e. The van der Waals surface area contributed by atoms with E-state index >= 15 is 0 Å². The molecule has 3 aromatic rings. The van der Waals surface area contributed by atoms with Gasteiger partial charge in [-0.05, 0) is 51.6 Å². The summed E-state index contributed by atoms with van der Waals surface area (Å²) in [6.07, 6.45) is 6.24. The molecule has 1 amide bonds. The predicted octanol–water partition coefficient (Wildman–Crippen LogP) is 3.12. The zero-order chi connectivity index (χ0) is 21.5. The molecular formula is C23H25FN6O. The first-order valence-electron chi connectivity index (χ1n) is 10.6. The van der Waals surface area contributed by atoms with Crippen LogP contribution in [0, 0.1) is 5.82 Å². The van der Waals surface area contributed by atoms with Crippen LogP contribution in [-0.4, -0.2) is 68.7 Å². The van der Waals surface area contributed by atoms with Crippen LogP contribution in [-0.2, 0) is 0 Å². The minimum absolute atomic E-state index is 0.0164. The molecule has 5 rings (SSSR count). The summed E-state index contributed by atoms with van der Waals surface area (Å²) in [5.41, 5.74) is 2.39. The molecule has 0 radical (unpaired) electrons. The number of carbonyl (C=O) groups excluding carboxylic acids is 1. The molecule has 7 nitrogen and oxygen atoms in total. The highest BCUT2D eigenvalue weighted by atomic mass is 19.1. The predicted molar refractivity (Wildman–Crippen MR) is 115 cm³/mol. The summed E-state index contributed by atoms with van der Waals surface area (Å²) in [6, 6.07) is 8.59. The smallest absolute Gasteiger partial charge is 0.257 e. The van der Waals surface area contributed by atoms with E-state index < -0.39 is 0 Å². The second-order valence-electron chi connectivity index (χ2n) is 8.51. The van der Waals surface area contributed by atoms with Crippen molar-refractivity contribution in [1.82, 2.24) is 29.5 Å². The van der Waals surface area contributed by atoms with E-state index in [2.05, 4.69) is 20.0 Å². The Morgan fingerprint density at radius 3 is 2.68 bits per heavy atom. The number of halogens is 1. The molecule has 160 valence electrons. The fraction of sp³-hybridized carbons (Fsp3) is 0.391. The summed E-state index contributed by atoms with van der Waals surface area (Å²) in [4.78, 5) is 26.3. The summed E-state index contributed by atoms with van der Waals surface area (Å²) < 4.78 is 15.9. The van der Waals surface area contributed by atoms with Crippen LogP contribution in [0.1, 0.15) is 41.2 Å². The average Bonchev–Trinajstić information content (AvgIpc) is 3.32. The van der Waals surface area contributed by atoms with Gasteiger partial charge in [-0.3, -0.25) is 4.79 Å². The van der Waals surface area contributed by atoms with Gasteiger partial charge in [0.15, 0.2) is 0 Å². The monoisotopic (exact) mass is 420 g/mol. The van der Waals surface area contributed by atoms with E-state index in [4.69, 9.17) is 0 Å². The maximum absolute atomic E-state index is 14.3. The first-order chi connectivity index (χ1) is 15.0. The van der Waals surface area contributed by atoms with Crippen molar-refractivity contribution in [2.75, 3.05) is 27.2 Å². The summed E-state index contributed by atoms with van der Waals surface area (Å²) in [6.45, 7) is 1.47. The summed E-state index contributed by atoms with van der Waals surface area (Å²) >= 11 is 0. The lowest BCUT2D eigenvalue weighted by atomic mass is 10.1. The van der Waals surface area contributed by atoms with Crippen molar-refractivity contribution in [3.8, 4) is 17.2 Å². The Morgan fingerprint density at radius 1 is 1.16 bits per heavy atom. The number of benzene rings is 1. The second-order valence-corrected chi connectivity index (χ2v) is 8.51. The molecule has 0 bridgehead atoms. The summed E-state index contributed by atoms with van der Waals surface area (Å²) in [7, 11) is 4.10. The number of likely N-dealkylation sites (N-methyl/N-ethyl adjacent to an activating group) is 1. The SMILES string of the molecule is CN(C)[C@@H]1CCN(C(=O)c2cnn(-c3nccc(-c4ccccc4F)n3)c2C2CC2)C1. The Morgan fingerprint density at radius 2 is 1.97 bits per heavy atom. The Balaban J connectivity index is 1.49. The maximum Gasteiger partial charge on any atom is 0.257 e. The third kappa shape index (κ3) is 3.72.